The van der Waals surface area contributed by atoms with E-state index in [0.29, 0.717) is 4.31 Å². The number of aromatic carboxylic acids is 1. The number of nitrogens with zero attached hydrogens (tertiary/aromatic N) is 1. The fraction of sp³-hybridized carbons (Fsp3) is 0.0476. The normalized spacial score (nSPS) is 11.0. The molecule has 142 valence electrons. The van der Waals surface area contributed by atoms with E-state index in [-0.39, 0.29) is 21.7 Å². The molecule has 3 rings (SSSR count). The predicted molar refractivity (Wildman–Crippen MR) is 105 cm³/mol. The number of carbonyl (C=O) groups is 2. The summed E-state index contributed by atoms with van der Waals surface area (Å²) >= 11 is 0. The van der Waals surface area contributed by atoms with Gasteiger partial charge in [-0.1, -0.05) is 35.9 Å². The first-order valence-electron chi connectivity index (χ1n) is 8.35. The minimum Gasteiger partial charge on any atom is -0.478 e. The van der Waals surface area contributed by atoms with Gasteiger partial charge in [0, 0.05) is 5.56 Å². The molecule has 28 heavy (non-hydrogen) atoms. The van der Waals surface area contributed by atoms with Crippen molar-refractivity contribution >= 4 is 27.6 Å². The van der Waals surface area contributed by atoms with Crippen molar-refractivity contribution < 1.29 is 23.1 Å². The lowest BCUT2D eigenvalue weighted by atomic mass is 10.2. The van der Waals surface area contributed by atoms with Crippen molar-refractivity contribution in [1.82, 2.24) is 0 Å². The number of amides is 1. The van der Waals surface area contributed by atoms with Crippen molar-refractivity contribution in [1.29, 1.82) is 0 Å². The van der Waals surface area contributed by atoms with Gasteiger partial charge in [-0.2, -0.15) is 4.31 Å². The lowest BCUT2D eigenvalue weighted by Gasteiger charge is -2.23. The average molecular weight is 395 g/mol. The van der Waals surface area contributed by atoms with Crippen molar-refractivity contribution in [2.24, 2.45) is 0 Å². The third kappa shape index (κ3) is 3.79. The molecule has 1 amide bonds. The lowest BCUT2D eigenvalue weighted by molar-refractivity contribution is 0.0696. The summed E-state index contributed by atoms with van der Waals surface area (Å²) in [5, 5.41) is 9.07. The Morgan fingerprint density at radius 2 is 1.36 bits per heavy atom. The molecule has 0 bridgehead atoms. The summed E-state index contributed by atoms with van der Waals surface area (Å²) < 4.78 is 27.2. The lowest BCUT2D eigenvalue weighted by Crippen LogP contribution is -2.37. The second-order valence-corrected chi connectivity index (χ2v) is 7.89. The molecule has 0 aliphatic carbocycles. The molecule has 0 radical (unpaired) electrons. The Morgan fingerprint density at radius 3 is 1.89 bits per heavy atom. The largest absolute Gasteiger partial charge is 0.478 e. The van der Waals surface area contributed by atoms with E-state index < -0.39 is 21.9 Å². The van der Waals surface area contributed by atoms with E-state index in [1.165, 1.54) is 48.5 Å². The topological polar surface area (TPSA) is 91.8 Å². The van der Waals surface area contributed by atoms with Crippen LogP contribution in [0.25, 0.3) is 0 Å². The highest BCUT2D eigenvalue weighted by atomic mass is 32.2. The van der Waals surface area contributed by atoms with Crippen molar-refractivity contribution in [3.05, 3.63) is 95.6 Å². The fourth-order valence-corrected chi connectivity index (χ4v) is 4.03. The Bertz CT molecular complexity index is 1110. The first-order chi connectivity index (χ1) is 13.3. The molecule has 1 N–H and O–H groups in total. The van der Waals surface area contributed by atoms with Crippen LogP contribution in [0, 0.1) is 6.92 Å². The van der Waals surface area contributed by atoms with Crippen LogP contribution in [0.2, 0.25) is 0 Å². The van der Waals surface area contributed by atoms with Gasteiger partial charge in [-0.3, -0.25) is 4.79 Å². The van der Waals surface area contributed by atoms with E-state index in [4.69, 9.17) is 5.11 Å². The molecule has 0 saturated carbocycles. The quantitative estimate of drug-likeness (QED) is 0.711. The molecular weight excluding hydrogens is 378 g/mol. The van der Waals surface area contributed by atoms with Crippen molar-refractivity contribution in [3.63, 3.8) is 0 Å². The number of hydrogen-bond acceptors (Lipinski definition) is 4. The summed E-state index contributed by atoms with van der Waals surface area (Å²) in [6.07, 6.45) is 0. The Kier molecular flexibility index (Phi) is 5.28. The summed E-state index contributed by atoms with van der Waals surface area (Å²) in [6.45, 7) is 1.83. The van der Waals surface area contributed by atoms with Crippen LogP contribution in [-0.4, -0.2) is 25.4 Å². The molecule has 0 aliphatic heterocycles. The van der Waals surface area contributed by atoms with Crippen LogP contribution in [0.3, 0.4) is 0 Å². The Hall–Kier alpha value is -3.45. The molecule has 0 spiro atoms. The van der Waals surface area contributed by atoms with E-state index in [9.17, 15) is 18.0 Å². The fourth-order valence-electron chi connectivity index (χ4n) is 2.62. The van der Waals surface area contributed by atoms with Crippen LogP contribution < -0.4 is 4.31 Å². The number of hydrogen-bond donors (Lipinski definition) is 1. The van der Waals surface area contributed by atoms with Gasteiger partial charge in [0.25, 0.3) is 15.9 Å². The van der Waals surface area contributed by atoms with Gasteiger partial charge in [-0.25, -0.2) is 13.2 Å². The number of sulfonamides is 1. The molecule has 0 heterocycles. The highest BCUT2D eigenvalue weighted by Crippen LogP contribution is 2.26. The van der Waals surface area contributed by atoms with Gasteiger partial charge in [0.15, 0.2) is 0 Å². The SMILES string of the molecule is Cc1ccc(S(=O)(=O)N(C(=O)c2ccccc2)c2ccc(C(=O)O)cc2)cc1. The molecule has 0 aromatic heterocycles. The molecule has 0 fully saturated rings. The average Bonchev–Trinajstić information content (AvgIpc) is 2.69. The van der Waals surface area contributed by atoms with Gasteiger partial charge < -0.3 is 5.11 Å². The van der Waals surface area contributed by atoms with Gasteiger partial charge in [0.2, 0.25) is 0 Å². The van der Waals surface area contributed by atoms with Crippen LogP contribution >= 0.6 is 0 Å². The third-order valence-corrected chi connectivity index (χ3v) is 5.84. The maximum absolute atomic E-state index is 13.3. The van der Waals surface area contributed by atoms with Crippen LogP contribution in [0.1, 0.15) is 26.3 Å². The molecule has 3 aromatic rings. The van der Waals surface area contributed by atoms with E-state index >= 15 is 0 Å². The van der Waals surface area contributed by atoms with Crippen LogP contribution in [-0.2, 0) is 10.0 Å². The predicted octanol–water partition coefficient (Wildman–Crippen LogP) is 3.73. The van der Waals surface area contributed by atoms with Crippen LogP contribution in [0.4, 0.5) is 5.69 Å². The van der Waals surface area contributed by atoms with E-state index in [0.717, 1.165) is 5.56 Å². The zero-order chi connectivity index (χ0) is 20.3. The second kappa shape index (κ2) is 7.66. The van der Waals surface area contributed by atoms with E-state index in [2.05, 4.69) is 0 Å². The van der Waals surface area contributed by atoms with Gasteiger partial charge >= 0.3 is 5.97 Å². The molecule has 0 aliphatic rings. The van der Waals surface area contributed by atoms with Gasteiger partial charge in [-0.15, -0.1) is 0 Å². The minimum atomic E-state index is -4.21. The number of carboxylic acid groups (broad SMARTS) is 1. The Balaban J connectivity index is 2.15. The van der Waals surface area contributed by atoms with Crippen molar-refractivity contribution in [2.75, 3.05) is 4.31 Å². The van der Waals surface area contributed by atoms with Gasteiger partial charge in [0.1, 0.15) is 0 Å². The smallest absolute Gasteiger partial charge is 0.335 e. The molecule has 3 aromatic carbocycles. The molecular formula is C21H17NO5S. The number of aryl methyl sites for hydroxylation is 1. The van der Waals surface area contributed by atoms with E-state index in [1.807, 2.05) is 6.92 Å². The molecule has 6 nitrogen and oxygen atoms in total. The maximum Gasteiger partial charge on any atom is 0.335 e. The van der Waals surface area contributed by atoms with Crippen LogP contribution in [0.5, 0.6) is 0 Å². The number of benzene rings is 3. The second-order valence-electron chi connectivity index (χ2n) is 6.11. The van der Waals surface area contributed by atoms with Crippen molar-refractivity contribution in [3.8, 4) is 0 Å². The summed E-state index contributed by atoms with van der Waals surface area (Å²) in [7, 11) is -4.21. The molecule has 0 saturated heterocycles. The van der Waals surface area contributed by atoms with Gasteiger partial charge in [0.05, 0.1) is 16.1 Å². The number of anilines is 1. The number of rotatable bonds is 5. The summed E-state index contributed by atoms with van der Waals surface area (Å²) in [4.78, 5) is 24.1. The number of carboxylic acids is 1. The summed E-state index contributed by atoms with van der Waals surface area (Å²) in [5.41, 5.74) is 1.12. The molecule has 7 heteroatoms. The maximum atomic E-state index is 13.3. The standard InChI is InChI=1S/C21H17NO5S/c1-15-7-13-19(14-8-15)28(26,27)22(20(23)16-5-3-2-4-6-16)18-11-9-17(10-12-18)21(24)25/h2-14H,1H3,(H,24,25). The van der Waals surface area contributed by atoms with Crippen molar-refractivity contribution in [2.45, 2.75) is 11.8 Å². The zero-order valence-electron chi connectivity index (χ0n) is 14.9. The van der Waals surface area contributed by atoms with Gasteiger partial charge in [-0.05, 0) is 55.5 Å². The first kappa shape index (κ1) is 19.3. The first-order valence-corrected chi connectivity index (χ1v) is 9.79. The Morgan fingerprint density at radius 1 is 0.786 bits per heavy atom. The van der Waals surface area contributed by atoms with Crippen LogP contribution in [0.15, 0.2) is 83.8 Å². The number of carbonyl (C=O) groups excluding carboxylic acids is 1. The molecule has 0 unspecified atom stereocenters. The summed E-state index contributed by atoms with van der Waals surface area (Å²) in [6, 6.07) is 19.3. The highest BCUT2D eigenvalue weighted by Gasteiger charge is 2.31. The molecule has 0 atom stereocenters. The summed E-state index contributed by atoms with van der Waals surface area (Å²) in [5.74, 6) is -1.88. The Labute approximate surface area is 162 Å². The highest BCUT2D eigenvalue weighted by molar-refractivity contribution is 7.93. The minimum absolute atomic E-state index is 0.0106. The van der Waals surface area contributed by atoms with E-state index in [1.54, 1.807) is 30.3 Å². The third-order valence-electron chi connectivity index (χ3n) is 4.11. The monoisotopic (exact) mass is 395 g/mol. The zero-order valence-corrected chi connectivity index (χ0v) is 15.8.